The van der Waals surface area contributed by atoms with Crippen LogP contribution in [0.4, 0.5) is 0 Å². The van der Waals surface area contributed by atoms with Gasteiger partial charge >= 0.3 is 0 Å². The van der Waals surface area contributed by atoms with E-state index in [1.165, 1.54) is 0 Å². The number of Topliss-reactive ketones (excluding diaryl/α,β-unsaturated/α-hetero) is 1. The quantitative estimate of drug-likeness (QED) is 0.392. The van der Waals surface area contributed by atoms with E-state index in [4.69, 9.17) is 5.73 Å². The molecule has 1 aromatic heterocycles. The molecule has 1 unspecified atom stereocenters. The molecule has 2 heterocycles. The van der Waals surface area contributed by atoms with Gasteiger partial charge in [-0.05, 0) is 10.4 Å². The first kappa shape index (κ1) is 8.48. The van der Waals surface area contributed by atoms with Gasteiger partial charge in [-0.1, -0.05) is 0 Å². The molecule has 0 saturated heterocycles. The van der Waals surface area contributed by atoms with Crippen molar-refractivity contribution in [3.05, 3.63) is 5.82 Å². The molecule has 1 atom stereocenters. The highest BCUT2D eigenvalue weighted by molar-refractivity contribution is 6.19. The van der Waals surface area contributed by atoms with Gasteiger partial charge in [0.2, 0.25) is 5.91 Å². The first-order valence-corrected chi connectivity index (χ1v) is 3.75. The van der Waals surface area contributed by atoms with E-state index in [9.17, 15) is 14.4 Å². The molecule has 0 spiro atoms. The molecule has 2 N–H and O–H groups in total. The van der Waals surface area contributed by atoms with Gasteiger partial charge in [0.25, 0.3) is 5.91 Å². The number of ketones is 1. The summed E-state index contributed by atoms with van der Waals surface area (Å²) in [5.74, 6) is -3.64. The first-order chi connectivity index (χ1) is 6.61. The Labute approximate surface area is 77.1 Å². The monoisotopic (exact) mass is 195 g/mol. The number of nitrogens with zero attached hydrogens (tertiary/aromatic N) is 4. The molecular formula is C6H5N5O3. The Hall–Kier alpha value is -2.12. The molecule has 0 aromatic carbocycles. The summed E-state index contributed by atoms with van der Waals surface area (Å²) in [6.45, 7) is 0. The Morgan fingerprint density at radius 3 is 2.86 bits per heavy atom. The Morgan fingerprint density at radius 2 is 2.21 bits per heavy atom. The maximum absolute atomic E-state index is 11.4. The molecule has 0 fully saturated rings. The number of rotatable bonds is 1. The van der Waals surface area contributed by atoms with Crippen LogP contribution in [0.2, 0.25) is 0 Å². The van der Waals surface area contributed by atoms with Crippen LogP contribution in [-0.2, 0) is 16.0 Å². The average Bonchev–Trinajstić information content (AvgIpc) is 2.50. The van der Waals surface area contributed by atoms with Crippen molar-refractivity contribution in [3.8, 4) is 0 Å². The minimum absolute atomic E-state index is 0.137. The number of tetrazole rings is 1. The Balaban J connectivity index is 2.49. The maximum atomic E-state index is 11.4. The third kappa shape index (κ3) is 1.00. The lowest BCUT2D eigenvalue weighted by Crippen LogP contribution is -2.44. The molecule has 2 rings (SSSR count). The number of hydrogen-bond donors (Lipinski definition) is 1. The molecule has 8 nitrogen and oxygen atoms in total. The smallest absolute Gasteiger partial charge is 0.270 e. The van der Waals surface area contributed by atoms with Crippen LogP contribution in [0.5, 0.6) is 0 Å². The number of fused-ring (bicyclic) bond motifs is 1. The van der Waals surface area contributed by atoms with Gasteiger partial charge in [0.15, 0.2) is 17.5 Å². The van der Waals surface area contributed by atoms with E-state index < -0.39 is 23.5 Å². The zero-order valence-corrected chi connectivity index (χ0v) is 6.88. The summed E-state index contributed by atoms with van der Waals surface area (Å²) < 4.78 is 0.830. The van der Waals surface area contributed by atoms with Gasteiger partial charge in [-0.25, -0.2) is 0 Å². The van der Waals surface area contributed by atoms with Crippen molar-refractivity contribution in [1.29, 1.82) is 0 Å². The topological polar surface area (TPSA) is 121 Å². The summed E-state index contributed by atoms with van der Waals surface area (Å²) in [6, 6.07) is 0. The molecule has 1 amide bonds. The third-order valence-electron chi connectivity index (χ3n) is 1.93. The summed E-state index contributed by atoms with van der Waals surface area (Å²) in [5, 5.41) is 10.0. The van der Waals surface area contributed by atoms with E-state index in [1.54, 1.807) is 0 Å². The largest absolute Gasteiger partial charge is 0.369 e. The predicted octanol–water partition coefficient (Wildman–Crippen LogP) is -2.46. The van der Waals surface area contributed by atoms with Crippen molar-refractivity contribution >= 4 is 17.6 Å². The SMILES string of the molecule is NC(=O)C1C(=O)Cc2nnnn2C1=O. The second-order valence-corrected chi connectivity index (χ2v) is 2.82. The van der Waals surface area contributed by atoms with Crippen molar-refractivity contribution in [3.63, 3.8) is 0 Å². The summed E-state index contributed by atoms with van der Waals surface area (Å²) in [4.78, 5) is 33.5. The third-order valence-corrected chi connectivity index (χ3v) is 1.93. The zero-order valence-electron chi connectivity index (χ0n) is 6.88. The number of primary amides is 1. The number of carbonyl (C=O) groups is 3. The molecule has 14 heavy (non-hydrogen) atoms. The number of nitrogens with two attached hydrogens (primary N) is 1. The van der Waals surface area contributed by atoms with E-state index in [1.807, 2.05) is 0 Å². The lowest BCUT2D eigenvalue weighted by atomic mass is 9.97. The van der Waals surface area contributed by atoms with E-state index in [0.717, 1.165) is 4.68 Å². The molecule has 0 bridgehead atoms. The highest BCUT2D eigenvalue weighted by atomic mass is 16.2. The van der Waals surface area contributed by atoms with Crippen LogP contribution in [0, 0.1) is 5.92 Å². The molecule has 8 heteroatoms. The summed E-state index contributed by atoms with van der Waals surface area (Å²) in [7, 11) is 0. The highest BCUT2D eigenvalue weighted by Crippen LogP contribution is 2.13. The fourth-order valence-electron chi connectivity index (χ4n) is 1.29. The van der Waals surface area contributed by atoms with Crippen LogP contribution in [-0.4, -0.2) is 37.8 Å². The number of aromatic nitrogens is 4. The van der Waals surface area contributed by atoms with Crippen molar-refractivity contribution in [1.82, 2.24) is 20.2 Å². The number of amides is 1. The summed E-state index contributed by atoms with van der Waals surface area (Å²) >= 11 is 0. The van der Waals surface area contributed by atoms with Crippen LogP contribution in [0.3, 0.4) is 0 Å². The van der Waals surface area contributed by atoms with Crippen LogP contribution in [0.15, 0.2) is 0 Å². The van der Waals surface area contributed by atoms with Gasteiger partial charge in [-0.3, -0.25) is 14.4 Å². The van der Waals surface area contributed by atoms with Crippen molar-refractivity contribution in [2.45, 2.75) is 6.42 Å². The van der Waals surface area contributed by atoms with Gasteiger partial charge in [-0.2, -0.15) is 4.68 Å². The van der Waals surface area contributed by atoms with Gasteiger partial charge in [0.05, 0.1) is 6.42 Å². The van der Waals surface area contributed by atoms with Gasteiger partial charge in [0.1, 0.15) is 0 Å². The second-order valence-electron chi connectivity index (χ2n) is 2.82. The van der Waals surface area contributed by atoms with Crippen molar-refractivity contribution < 1.29 is 14.4 Å². The predicted molar refractivity (Wildman–Crippen MR) is 39.8 cm³/mol. The molecule has 0 saturated carbocycles. The van der Waals surface area contributed by atoms with Crippen molar-refractivity contribution in [2.75, 3.05) is 0 Å². The fraction of sp³-hybridized carbons (Fsp3) is 0.333. The Kier molecular flexibility index (Phi) is 1.63. The average molecular weight is 195 g/mol. The fourth-order valence-corrected chi connectivity index (χ4v) is 1.29. The van der Waals surface area contributed by atoms with E-state index in [2.05, 4.69) is 15.5 Å². The first-order valence-electron chi connectivity index (χ1n) is 3.75. The molecule has 72 valence electrons. The lowest BCUT2D eigenvalue weighted by Gasteiger charge is -2.15. The summed E-state index contributed by atoms with van der Waals surface area (Å²) in [5.41, 5.74) is 4.91. The van der Waals surface area contributed by atoms with E-state index in [0.29, 0.717) is 0 Å². The van der Waals surface area contributed by atoms with Gasteiger partial charge in [0, 0.05) is 0 Å². The van der Waals surface area contributed by atoms with Crippen LogP contribution >= 0.6 is 0 Å². The molecule has 0 radical (unpaired) electrons. The second kappa shape index (κ2) is 2.69. The van der Waals surface area contributed by atoms with Crippen molar-refractivity contribution in [2.24, 2.45) is 11.7 Å². The number of hydrogen-bond acceptors (Lipinski definition) is 6. The maximum Gasteiger partial charge on any atom is 0.270 e. The van der Waals surface area contributed by atoms with Crippen LogP contribution in [0.25, 0.3) is 0 Å². The van der Waals surface area contributed by atoms with Gasteiger partial charge < -0.3 is 5.73 Å². The van der Waals surface area contributed by atoms with Gasteiger partial charge in [-0.15, -0.1) is 5.10 Å². The Morgan fingerprint density at radius 1 is 1.50 bits per heavy atom. The molecule has 1 aliphatic rings. The van der Waals surface area contributed by atoms with Crippen LogP contribution < -0.4 is 5.73 Å². The molecule has 1 aliphatic heterocycles. The molecule has 0 aliphatic carbocycles. The number of carbonyl (C=O) groups excluding carboxylic acids is 3. The lowest BCUT2D eigenvalue weighted by molar-refractivity contribution is -0.130. The standard InChI is InChI=1S/C6H5N5O3/c7-5(13)4-2(12)1-3-8-9-10-11(3)6(4)14/h4H,1H2,(H2,7,13). The normalized spacial score (nSPS) is 20.7. The minimum Gasteiger partial charge on any atom is -0.369 e. The minimum atomic E-state index is -1.45. The highest BCUT2D eigenvalue weighted by Gasteiger charge is 2.40. The molecular weight excluding hydrogens is 190 g/mol. The van der Waals surface area contributed by atoms with E-state index >= 15 is 0 Å². The zero-order chi connectivity index (χ0) is 10.3. The van der Waals surface area contributed by atoms with Crippen LogP contribution in [0.1, 0.15) is 10.6 Å². The molecule has 1 aromatic rings. The Bertz CT molecular complexity index is 436. The summed E-state index contributed by atoms with van der Waals surface area (Å²) in [6.07, 6.45) is -0.146. The van der Waals surface area contributed by atoms with E-state index in [-0.39, 0.29) is 12.2 Å².